The molecule has 1 N–H and O–H groups in total. The van der Waals surface area contributed by atoms with Gasteiger partial charge in [-0.3, -0.25) is 14.9 Å². The molecule has 5 rings (SSSR count). The number of ether oxygens (including phenoxy) is 2. The zero-order chi connectivity index (χ0) is 28.4. The van der Waals surface area contributed by atoms with E-state index < -0.39 is 17.8 Å². The second-order valence-corrected chi connectivity index (χ2v) is 9.84. The van der Waals surface area contributed by atoms with Gasteiger partial charge in [-0.25, -0.2) is 9.69 Å². The number of hydrogen-bond acceptors (Lipinski definition) is 5. The molecular weight excluding hydrogens is 528 g/mol. The normalized spacial score (nSPS) is 14.6. The number of urea groups is 1. The van der Waals surface area contributed by atoms with E-state index in [1.54, 1.807) is 25.1 Å². The van der Waals surface area contributed by atoms with Crippen LogP contribution in [0.3, 0.4) is 0 Å². The number of benzene rings is 4. The number of barbiturate groups is 1. The number of nitrogens with one attached hydrogen (secondary N) is 1. The molecule has 1 aliphatic rings. The summed E-state index contributed by atoms with van der Waals surface area (Å²) in [7, 11) is 0. The van der Waals surface area contributed by atoms with E-state index in [9.17, 15) is 14.4 Å². The molecule has 4 aromatic rings. The number of carbonyl (C=O) groups excluding carboxylic acids is 3. The average molecular weight is 555 g/mol. The molecule has 7 nitrogen and oxygen atoms in total. The maximum absolute atomic E-state index is 13.4. The topological polar surface area (TPSA) is 84.9 Å². The fraction of sp³-hybridized carbons (Fsp3) is 0.156. The van der Waals surface area contributed by atoms with Gasteiger partial charge in [0.1, 0.15) is 12.2 Å². The average Bonchev–Trinajstić information content (AvgIpc) is 2.92. The molecular formula is C32H27ClN2O5. The molecule has 0 aromatic heterocycles. The number of hydrogen-bond donors (Lipinski definition) is 1. The van der Waals surface area contributed by atoms with Gasteiger partial charge >= 0.3 is 6.03 Å². The molecule has 0 spiro atoms. The van der Waals surface area contributed by atoms with Gasteiger partial charge in [-0.05, 0) is 78.1 Å². The van der Waals surface area contributed by atoms with Crippen LogP contribution in [0.4, 0.5) is 10.5 Å². The van der Waals surface area contributed by atoms with Gasteiger partial charge in [-0.1, -0.05) is 66.2 Å². The summed E-state index contributed by atoms with van der Waals surface area (Å²) in [6, 6.07) is 21.9. The minimum Gasteiger partial charge on any atom is -0.490 e. The van der Waals surface area contributed by atoms with Gasteiger partial charge in [0.15, 0.2) is 11.5 Å². The van der Waals surface area contributed by atoms with Crippen LogP contribution in [-0.4, -0.2) is 24.5 Å². The molecule has 1 fully saturated rings. The summed E-state index contributed by atoms with van der Waals surface area (Å²) in [5, 5.41) is 4.69. The molecule has 0 unspecified atom stereocenters. The van der Waals surface area contributed by atoms with Gasteiger partial charge < -0.3 is 9.47 Å². The lowest BCUT2D eigenvalue weighted by Gasteiger charge is -2.28. The third kappa shape index (κ3) is 5.28. The molecule has 40 heavy (non-hydrogen) atoms. The number of rotatable bonds is 7. The zero-order valence-electron chi connectivity index (χ0n) is 22.3. The van der Waals surface area contributed by atoms with Crippen molar-refractivity contribution >= 4 is 52.0 Å². The van der Waals surface area contributed by atoms with Gasteiger partial charge in [-0.2, -0.15) is 0 Å². The van der Waals surface area contributed by atoms with Crippen LogP contribution in [0, 0.1) is 13.8 Å². The quantitative estimate of drug-likeness (QED) is 0.202. The molecule has 8 heteroatoms. The number of amides is 4. The van der Waals surface area contributed by atoms with Crippen molar-refractivity contribution in [2.24, 2.45) is 0 Å². The lowest BCUT2D eigenvalue weighted by Crippen LogP contribution is -2.54. The highest BCUT2D eigenvalue weighted by Gasteiger charge is 2.37. The van der Waals surface area contributed by atoms with Crippen LogP contribution in [-0.2, 0) is 16.2 Å². The Morgan fingerprint density at radius 3 is 2.50 bits per heavy atom. The highest BCUT2D eigenvalue weighted by atomic mass is 35.5. The highest BCUT2D eigenvalue weighted by Crippen LogP contribution is 2.38. The van der Waals surface area contributed by atoms with E-state index in [1.165, 1.54) is 6.08 Å². The predicted octanol–water partition coefficient (Wildman–Crippen LogP) is 6.75. The number of fused-ring (bicyclic) bond motifs is 1. The number of halogens is 1. The van der Waals surface area contributed by atoms with E-state index in [0.717, 1.165) is 32.4 Å². The first kappa shape index (κ1) is 27.0. The minimum absolute atomic E-state index is 0.205. The minimum atomic E-state index is -0.800. The van der Waals surface area contributed by atoms with Crippen molar-refractivity contribution < 1.29 is 23.9 Å². The van der Waals surface area contributed by atoms with Crippen LogP contribution in [0.5, 0.6) is 11.5 Å². The van der Waals surface area contributed by atoms with E-state index in [0.29, 0.717) is 29.4 Å². The smallest absolute Gasteiger partial charge is 0.335 e. The van der Waals surface area contributed by atoms with Gasteiger partial charge in [0.2, 0.25) is 0 Å². The third-order valence-electron chi connectivity index (χ3n) is 6.60. The fourth-order valence-corrected chi connectivity index (χ4v) is 4.92. The standard InChI is InChI=1S/C32H27ClN2O5/c1-4-39-28-17-21(16-26(33)29(28)40-18-23-10-7-9-22-8-5-6-11-24(22)23)15-25-30(36)34-32(38)35(31(25)37)27-14-19(2)12-13-20(27)3/h5-17H,4,18H2,1-3H3,(H,34,36,38)/b25-15+. The summed E-state index contributed by atoms with van der Waals surface area (Å²) in [5.41, 5.74) is 3.23. The van der Waals surface area contributed by atoms with Crippen LogP contribution in [0.2, 0.25) is 5.02 Å². The first-order chi connectivity index (χ1) is 19.3. The Morgan fingerprint density at radius 1 is 0.925 bits per heavy atom. The lowest BCUT2D eigenvalue weighted by atomic mass is 10.0. The Balaban J connectivity index is 1.48. The Labute approximate surface area is 237 Å². The van der Waals surface area contributed by atoms with E-state index in [1.807, 2.05) is 68.4 Å². The van der Waals surface area contributed by atoms with Crippen molar-refractivity contribution in [2.75, 3.05) is 11.5 Å². The Morgan fingerprint density at radius 2 is 1.70 bits per heavy atom. The van der Waals surface area contributed by atoms with Crippen molar-refractivity contribution in [3.8, 4) is 11.5 Å². The molecule has 202 valence electrons. The molecule has 4 amide bonds. The van der Waals surface area contributed by atoms with Crippen LogP contribution in [0.15, 0.2) is 78.4 Å². The lowest BCUT2D eigenvalue weighted by molar-refractivity contribution is -0.122. The summed E-state index contributed by atoms with van der Waals surface area (Å²) >= 11 is 6.65. The van der Waals surface area contributed by atoms with Crippen LogP contribution < -0.4 is 19.7 Å². The molecule has 0 atom stereocenters. The monoisotopic (exact) mass is 554 g/mol. The highest BCUT2D eigenvalue weighted by molar-refractivity contribution is 6.39. The number of imide groups is 2. The second kappa shape index (κ2) is 11.2. The zero-order valence-corrected chi connectivity index (χ0v) is 23.0. The predicted molar refractivity (Wildman–Crippen MR) is 156 cm³/mol. The van der Waals surface area contributed by atoms with Crippen molar-refractivity contribution in [1.29, 1.82) is 0 Å². The fourth-order valence-electron chi connectivity index (χ4n) is 4.65. The van der Waals surface area contributed by atoms with Gasteiger partial charge in [0.05, 0.1) is 17.3 Å². The maximum Gasteiger partial charge on any atom is 0.335 e. The van der Waals surface area contributed by atoms with Gasteiger partial charge in [-0.15, -0.1) is 0 Å². The molecule has 4 aromatic carbocycles. The van der Waals surface area contributed by atoms with Gasteiger partial charge in [0, 0.05) is 0 Å². The summed E-state index contributed by atoms with van der Waals surface area (Å²) in [6.45, 7) is 6.09. The molecule has 0 radical (unpaired) electrons. The first-order valence-corrected chi connectivity index (χ1v) is 13.2. The molecule has 1 aliphatic heterocycles. The van der Waals surface area contributed by atoms with Crippen molar-refractivity contribution in [2.45, 2.75) is 27.4 Å². The van der Waals surface area contributed by atoms with E-state index in [4.69, 9.17) is 21.1 Å². The Bertz CT molecular complexity index is 1690. The summed E-state index contributed by atoms with van der Waals surface area (Å²) < 4.78 is 12.0. The number of carbonyl (C=O) groups is 3. The molecule has 1 saturated heterocycles. The van der Waals surface area contributed by atoms with E-state index >= 15 is 0 Å². The van der Waals surface area contributed by atoms with Crippen molar-refractivity contribution in [1.82, 2.24) is 5.32 Å². The van der Waals surface area contributed by atoms with Gasteiger partial charge in [0.25, 0.3) is 11.8 Å². The SMILES string of the molecule is CCOc1cc(/C=C2\C(=O)NC(=O)N(c3cc(C)ccc3C)C2=O)cc(Cl)c1OCc1cccc2ccccc12. The number of aryl methyl sites for hydroxylation is 2. The maximum atomic E-state index is 13.4. The molecule has 0 bridgehead atoms. The number of anilines is 1. The summed E-state index contributed by atoms with van der Waals surface area (Å²) in [5.74, 6) is -0.798. The summed E-state index contributed by atoms with van der Waals surface area (Å²) in [6.07, 6.45) is 1.39. The third-order valence-corrected chi connectivity index (χ3v) is 6.88. The second-order valence-electron chi connectivity index (χ2n) is 9.44. The van der Waals surface area contributed by atoms with Crippen molar-refractivity contribution in [3.05, 3.63) is 106 Å². The molecule has 1 heterocycles. The van der Waals surface area contributed by atoms with Crippen LogP contribution in [0.25, 0.3) is 16.8 Å². The Hall–Kier alpha value is -4.62. The molecule has 0 saturated carbocycles. The number of nitrogens with zero attached hydrogens (tertiary/aromatic N) is 1. The summed E-state index contributed by atoms with van der Waals surface area (Å²) in [4.78, 5) is 39.8. The molecule has 0 aliphatic carbocycles. The van der Waals surface area contributed by atoms with E-state index in [2.05, 4.69) is 5.32 Å². The largest absolute Gasteiger partial charge is 0.490 e. The van der Waals surface area contributed by atoms with Crippen molar-refractivity contribution in [3.63, 3.8) is 0 Å². The Kier molecular flexibility index (Phi) is 7.58. The van der Waals surface area contributed by atoms with Crippen LogP contribution in [0.1, 0.15) is 29.2 Å². The van der Waals surface area contributed by atoms with E-state index in [-0.39, 0.29) is 17.2 Å². The van der Waals surface area contributed by atoms with Crippen LogP contribution >= 0.6 is 11.6 Å². The first-order valence-electron chi connectivity index (χ1n) is 12.8.